The van der Waals surface area contributed by atoms with Crippen LogP contribution >= 0.6 is 11.8 Å². The molecule has 27 heavy (non-hydrogen) atoms. The van der Waals surface area contributed by atoms with Gasteiger partial charge < -0.3 is 5.32 Å². The first-order valence-corrected chi connectivity index (χ1v) is 9.08. The summed E-state index contributed by atoms with van der Waals surface area (Å²) < 4.78 is 13.4. The number of nitrogens with zero attached hydrogens (tertiary/aromatic N) is 4. The second-order valence-corrected chi connectivity index (χ2v) is 6.89. The Kier molecular flexibility index (Phi) is 4.56. The summed E-state index contributed by atoms with van der Waals surface area (Å²) >= 11 is 1.50. The molecule has 2 heterocycles. The molecule has 3 aliphatic rings. The van der Waals surface area contributed by atoms with E-state index in [9.17, 15) is 9.18 Å². The van der Waals surface area contributed by atoms with Crippen LogP contribution in [-0.2, 0) is 6.54 Å². The maximum Gasteiger partial charge on any atom is 0.342 e. The lowest BCUT2D eigenvalue weighted by atomic mass is 9.99. The topological polar surface area (TPSA) is 102 Å². The van der Waals surface area contributed by atoms with E-state index in [1.54, 1.807) is 6.07 Å². The van der Waals surface area contributed by atoms with Crippen LogP contribution in [0.4, 0.5) is 9.18 Å². The lowest BCUT2D eigenvalue weighted by molar-refractivity contribution is 0.251. The summed E-state index contributed by atoms with van der Waals surface area (Å²) in [5.41, 5.74) is 6.16. The molecule has 0 spiro atoms. The zero-order chi connectivity index (χ0) is 18.8. The highest BCUT2D eigenvalue weighted by molar-refractivity contribution is 8.14. The zero-order valence-corrected chi connectivity index (χ0v) is 14.8. The van der Waals surface area contributed by atoms with E-state index in [4.69, 9.17) is 5.26 Å². The van der Waals surface area contributed by atoms with Gasteiger partial charge in [0, 0.05) is 5.75 Å². The molecule has 4 rings (SSSR count). The van der Waals surface area contributed by atoms with Crippen LogP contribution in [0.2, 0.25) is 0 Å². The number of fused-ring (bicyclic) bond motifs is 1. The first-order chi connectivity index (χ1) is 13.1. The van der Waals surface area contributed by atoms with Gasteiger partial charge in [0.25, 0.3) is 0 Å². The SMILES string of the molecule is N#Cc1cc(CN=C2NN=C(C3=CC4NC(=O)N=C4C=C3)CS2)ccc1F. The van der Waals surface area contributed by atoms with E-state index >= 15 is 0 Å². The van der Waals surface area contributed by atoms with Gasteiger partial charge in [-0.1, -0.05) is 23.9 Å². The molecule has 0 saturated heterocycles. The highest BCUT2D eigenvalue weighted by Crippen LogP contribution is 2.20. The standard InChI is InChI=1S/C18H13FN6OS/c19-13-3-1-10(5-12(13)7-20)8-21-18-25-24-16(9-27-18)11-2-4-14-15(6-11)23-17(26)22-14/h1-6,15H,8-9H2,(H,21,25)(H,23,26). The van der Waals surface area contributed by atoms with E-state index < -0.39 is 5.82 Å². The Morgan fingerprint density at radius 2 is 2.30 bits per heavy atom. The molecule has 2 aliphatic heterocycles. The first kappa shape index (κ1) is 17.2. The number of nitrogens with one attached hydrogen (secondary N) is 2. The highest BCUT2D eigenvalue weighted by Gasteiger charge is 2.26. The molecule has 0 saturated carbocycles. The molecule has 7 nitrogen and oxygen atoms in total. The van der Waals surface area contributed by atoms with Crippen molar-refractivity contribution in [1.82, 2.24) is 10.7 Å². The molecule has 1 atom stereocenters. The maximum absolute atomic E-state index is 13.4. The Morgan fingerprint density at radius 3 is 3.07 bits per heavy atom. The van der Waals surface area contributed by atoms with Crippen LogP contribution in [-0.4, -0.2) is 34.4 Å². The van der Waals surface area contributed by atoms with Crippen molar-refractivity contribution in [2.24, 2.45) is 15.1 Å². The minimum atomic E-state index is -0.534. The number of hydrogen-bond acceptors (Lipinski definition) is 5. The van der Waals surface area contributed by atoms with Gasteiger partial charge in [0.15, 0.2) is 5.17 Å². The molecule has 0 radical (unpaired) electrons. The van der Waals surface area contributed by atoms with Crippen LogP contribution in [0.3, 0.4) is 0 Å². The van der Waals surface area contributed by atoms with Crippen LogP contribution in [0, 0.1) is 17.1 Å². The fraction of sp³-hybridized carbons (Fsp3) is 0.167. The molecule has 1 aliphatic carbocycles. The van der Waals surface area contributed by atoms with Crippen LogP contribution in [0.15, 0.2) is 57.1 Å². The first-order valence-electron chi connectivity index (χ1n) is 8.10. The average molecular weight is 380 g/mol. The van der Waals surface area contributed by atoms with Crippen molar-refractivity contribution in [1.29, 1.82) is 5.26 Å². The number of aliphatic imine (C=N–C) groups is 2. The molecule has 2 N–H and O–H groups in total. The third-order valence-corrected chi connectivity index (χ3v) is 5.04. The van der Waals surface area contributed by atoms with E-state index in [2.05, 4.69) is 25.8 Å². The lowest BCUT2D eigenvalue weighted by Gasteiger charge is -2.19. The van der Waals surface area contributed by atoms with Crippen LogP contribution < -0.4 is 10.7 Å². The average Bonchev–Trinajstić information content (AvgIpc) is 3.07. The minimum Gasteiger partial charge on any atom is -0.324 e. The fourth-order valence-corrected chi connectivity index (χ4v) is 3.53. The quantitative estimate of drug-likeness (QED) is 0.840. The Morgan fingerprint density at radius 1 is 1.41 bits per heavy atom. The number of benzene rings is 1. The highest BCUT2D eigenvalue weighted by atomic mass is 32.2. The molecular weight excluding hydrogens is 367 g/mol. The summed E-state index contributed by atoms with van der Waals surface area (Å²) in [4.78, 5) is 19.6. The van der Waals surface area contributed by atoms with Gasteiger partial charge in [0.2, 0.25) is 0 Å². The Balaban J connectivity index is 1.42. The number of rotatable bonds is 3. The maximum atomic E-state index is 13.4. The zero-order valence-electron chi connectivity index (χ0n) is 13.9. The van der Waals surface area contributed by atoms with Crippen molar-refractivity contribution in [3.63, 3.8) is 0 Å². The molecule has 1 unspecified atom stereocenters. The third kappa shape index (κ3) is 3.66. The van der Waals surface area contributed by atoms with E-state index in [1.807, 2.05) is 24.3 Å². The summed E-state index contributed by atoms with van der Waals surface area (Å²) in [6, 6.07) is 5.66. The number of carbonyl (C=O) groups excluding carboxylic acids is 1. The predicted molar refractivity (Wildman–Crippen MR) is 102 cm³/mol. The second kappa shape index (κ2) is 7.17. The van der Waals surface area contributed by atoms with E-state index in [1.165, 1.54) is 23.9 Å². The largest absolute Gasteiger partial charge is 0.342 e. The summed E-state index contributed by atoms with van der Waals surface area (Å²) in [6.07, 6.45) is 5.63. The smallest absolute Gasteiger partial charge is 0.324 e. The number of carbonyl (C=O) groups is 1. The van der Waals surface area contributed by atoms with Gasteiger partial charge in [-0.3, -0.25) is 10.4 Å². The predicted octanol–water partition coefficient (Wildman–Crippen LogP) is 2.27. The number of allylic oxidation sites excluding steroid dienone is 2. The third-order valence-electron chi connectivity index (χ3n) is 4.13. The van der Waals surface area contributed by atoms with Gasteiger partial charge in [0.05, 0.1) is 29.6 Å². The monoisotopic (exact) mass is 380 g/mol. The normalized spacial score (nSPS) is 22.2. The van der Waals surface area contributed by atoms with Gasteiger partial charge in [-0.15, -0.1) is 0 Å². The van der Waals surface area contributed by atoms with Crippen molar-refractivity contribution in [3.8, 4) is 6.07 Å². The molecule has 0 aromatic heterocycles. The molecule has 0 fully saturated rings. The number of hydrazone groups is 1. The molecule has 2 amide bonds. The van der Waals surface area contributed by atoms with Crippen molar-refractivity contribution in [3.05, 3.63) is 58.9 Å². The molecule has 134 valence electrons. The fourth-order valence-electron chi connectivity index (χ4n) is 2.76. The van der Waals surface area contributed by atoms with Crippen LogP contribution in [0.5, 0.6) is 0 Å². The number of amidine groups is 1. The van der Waals surface area contributed by atoms with Crippen LogP contribution in [0.1, 0.15) is 11.1 Å². The number of urea groups is 1. The van der Waals surface area contributed by atoms with Crippen molar-refractivity contribution in [2.45, 2.75) is 12.6 Å². The van der Waals surface area contributed by atoms with E-state index in [0.29, 0.717) is 23.2 Å². The molecular formula is C18H13FN6OS. The lowest BCUT2D eigenvalue weighted by Crippen LogP contribution is -2.33. The van der Waals surface area contributed by atoms with Crippen molar-refractivity contribution >= 4 is 34.4 Å². The summed E-state index contributed by atoms with van der Waals surface area (Å²) in [6.45, 7) is 0.325. The van der Waals surface area contributed by atoms with Gasteiger partial charge in [0.1, 0.15) is 11.9 Å². The van der Waals surface area contributed by atoms with Crippen molar-refractivity contribution in [2.75, 3.05) is 5.75 Å². The summed E-state index contributed by atoms with van der Waals surface area (Å²) in [7, 11) is 0. The molecule has 0 bridgehead atoms. The van der Waals surface area contributed by atoms with E-state index in [0.717, 1.165) is 16.8 Å². The number of hydrogen-bond donors (Lipinski definition) is 2. The Bertz CT molecular complexity index is 1020. The number of nitriles is 1. The summed E-state index contributed by atoms with van der Waals surface area (Å²) in [5, 5.41) is 16.7. The number of thioether (sulfide) groups is 1. The van der Waals surface area contributed by atoms with Gasteiger partial charge >= 0.3 is 6.03 Å². The van der Waals surface area contributed by atoms with E-state index in [-0.39, 0.29) is 17.6 Å². The van der Waals surface area contributed by atoms with Crippen LogP contribution in [0.25, 0.3) is 0 Å². The van der Waals surface area contributed by atoms with Gasteiger partial charge in [-0.05, 0) is 35.4 Å². The summed E-state index contributed by atoms with van der Waals surface area (Å²) in [5.74, 6) is 0.0935. The Hall–Kier alpha value is -3.25. The molecule has 9 heteroatoms. The number of halogens is 1. The molecule has 1 aromatic carbocycles. The molecule has 1 aromatic rings. The second-order valence-electron chi connectivity index (χ2n) is 5.93. The number of amides is 2. The Labute approximate surface area is 158 Å². The van der Waals surface area contributed by atoms with Gasteiger partial charge in [-0.25, -0.2) is 9.18 Å². The minimum absolute atomic E-state index is 0.00944. The van der Waals surface area contributed by atoms with Gasteiger partial charge in [-0.2, -0.15) is 15.4 Å². The van der Waals surface area contributed by atoms with Crippen molar-refractivity contribution < 1.29 is 9.18 Å².